The Bertz CT molecular complexity index is 4230. The molecule has 0 saturated carbocycles. The van der Waals surface area contributed by atoms with Gasteiger partial charge in [-0.1, -0.05) is 185 Å². The molecule has 0 amide bonds. The summed E-state index contributed by atoms with van der Waals surface area (Å²) in [6, 6.07) is 84.8. The Morgan fingerprint density at radius 2 is 0.722 bits per heavy atom. The predicted molar refractivity (Wildman–Crippen MR) is 307 cm³/mol. The van der Waals surface area contributed by atoms with Gasteiger partial charge in [0.05, 0.1) is 0 Å². The summed E-state index contributed by atoms with van der Waals surface area (Å²) in [7, 11) is 0. The Balaban J connectivity index is 0.846. The first kappa shape index (κ1) is 41.5. The molecule has 0 radical (unpaired) electrons. The van der Waals surface area contributed by atoms with E-state index in [-0.39, 0.29) is 10.8 Å². The first-order chi connectivity index (χ1) is 35.2. The summed E-state index contributed by atoms with van der Waals surface area (Å²) in [4.78, 5) is 2.49. The average molecular weight is 936 g/mol. The number of anilines is 3. The highest BCUT2D eigenvalue weighted by atomic mass is 32.1. The van der Waals surface area contributed by atoms with E-state index >= 15 is 0 Å². The highest BCUT2D eigenvalue weighted by molar-refractivity contribution is 7.25. The summed E-state index contributed by atoms with van der Waals surface area (Å²) in [6.45, 7) is 9.62. The fraction of sp³-hybridized carbons (Fsp3) is 0.0857. The van der Waals surface area contributed by atoms with Crippen LogP contribution in [0.2, 0.25) is 0 Å². The zero-order valence-electron chi connectivity index (χ0n) is 40.7. The minimum absolute atomic E-state index is 0.198. The van der Waals surface area contributed by atoms with E-state index in [9.17, 15) is 0 Å². The van der Waals surface area contributed by atoms with E-state index in [2.05, 4.69) is 257 Å². The molecule has 3 aliphatic rings. The van der Waals surface area contributed by atoms with E-state index in [0.717, 1.165) is 17.1 Å². The number of thiophene rings is 1. The van der Waals surface area contributed by atoms with E-state index in [1.807, 2.05) is 11.3 Å². The molecule has 0 aliphatic heterocycles. The van der Waals surface area contributed by atoms with Crippen molar-refractivity contribution < 1.29 is 0 Å². The molecule has 340 valence electrons. The van der Waals surface area contributed by atoms with Gasteiger partial charge in [-0.25, -0.2) is 0 Å². The Hall–Kier alpha value is -8.30. The van der Waals surface area contributed by atoms with Crippen molar-refractivity contribution in [1.82, 2.24) is 0 Å². The quantitative estimate of drug-likeness (QED) is 0.161. The lowest BCUT2D eigenvalue weighted by Crippen LogP contribution is -2.18. The molecule has 1 aromatic heterocycles. The minimum atomic E-state index is -0.223. The maximum atomic E-state index is 2.49. The second kappa shape index (κ2) is 15.1. The summed E-state index contributed by atoms with van der Waals surface area (Å²) in [5.74, 6) is 0. The van der Waals surface area contributed by atoms with Gasteiger partial charge >= 0.3 is 0 Å². The van der Waals surface area contributed by atoms with Gasteiger partial charge in [0.15, 0.2) is 0 Å². The van der Waals surface area contributed by atoms with Crippen LogP contribution in [0.25, 0.3) is 109 Å². The Kier molecular flexibility index (Phi) is 8.70. The number of rotatable bonds is 6. The van der Waals surface area contributed by atoms with E-state index in [4.69, 9.17) is 0 Å². The van der Waals surface area contributed by atoms with Crippen LogP contribution in [-0.4, -0.2) is 0 Å². The molecule has 0 spiro atoms. The normalized spacial score (nSPS) is 14.1. The molecular formula is C70H49NS. The van der Waals surface area contributed by atoms with Crippen molar-refractivity contribution in [3.63, 3.8) is 0 Å². The standard InChI is InChI=1S/C70H49NS/c1-69(2)62-38-45(42-13-6-5-7-14-42)23-30-53(62)55-32-28-48(40-64(55)69)71(47-26-21-43(22-27-47)50-34-35-60-52-16-9-8-15-51(52)59-19-12-18-58(50)68(59)60)49-29-33-56-54-31-24-46(39-63(54)70(3,4)65(56)41-49)44-25-36-67-61(37-44)57-17-10-11-20-66(57)72-67/h5-41H,1-4H3. The van der Waals surface area contributed by atoms with Crippen LogP contribution in [0.5, 0.6) is 0 Å². The van der Waals surface area contributed by atoms with E-state index < -0.39 is 0 Å². The Labute approximate surface area is 425 Å². The molecule has 11 aromatic carbocycles. The van der Waals surface area contributed by atoms with Gasteiger partial charge in [-0.2, -0.15) is 0 Å². The van der Waals surface area contributed by atoms with Crippen LogP contribution in [0.15, 0.2) is 224 Å². The Morgan fingerprint density at radius 3 is 1.39 bits per heavy atom. The fourth-order valence-electron chi connectivity index (χ4n) is 12.9. The van der Waals surface area contributed by atoms with Gasteiger partial charge < -0.3 is 4.90 Å². The summed E-state index contributed by atoms with van der Waals surface area (Å²) >= 11 is 1.88. The van der Waals surface area contributed by atoms with Crippen LogP contribution >= 0.6 is 11.3 Å². The van der Waals surface area contributed by atoms with Crippen molar-refractivity contribution in [2.45, 2.75) is 38.5 Å². The second-order valence-corrected chi connectivity index (χ2v) is 22.3. The number of hydrogen-bond donors (Lipinski definition) is 0. The smallest absolute Gasteiger partial charge is 0.0465 e. The van der Waals surface area contributed by atoms with Gasteiger partial charge in [-0.15, -0.1) is 11.3 Å². The van der Waals surface area contributed by atoms with Gasteiger partial charge in [0.25, 0.3) is 0 Å². The number of fused-ring (bicyclic) bond motifs is 12. The molecule has 3 aliphatic carbocycles. The molecule has 0 saturated heterocycles. The van der Waals surface area contributed by atoms with Gasteiger partial charge in [-0.3, -0.25) is 0 Å². The van der Waals surface area contributed by atoms with Crippen molar-refractivity contribution in [1.29, 1.82) is 0 Å². The lowest BCUT2D eigenvalue weighted by atomic mass is 9.81. The predicted octanol–water partition coefficient (Wildman–Crippen LogP) is 19.9. The van der Waals surface area contributed by atoms with Gasteiger partial charge in [0.2, 0.25) is 0 Å². The molecule has 2 heteroatoms. The monoisotopic (exact) mass is 935 g/mol. The molecule has 1 heterocycles. The molecule has 0 atom stereocenters. The third kappa shape index (κ3) is 5.94. The number of nitrogens with zero attached hydrogens (tertiary/aromatic N) is 1. The first-order valence-electron chi connectivity index (χ1n) is 25.3. The summed E-state index contributed by atoms with van der Waals surface area (Å²) in [5, 5.41) is 5.32. The van der Waals surface area contributed by atoms with Crippen LogP contribution in [0.3, 0.4) is 0 Å². The molecule has 12 aromatic rings. The van der Waals surface area contributed by atoms with Crippen molar-refractivity contribution in [3.8, 4) is 77.9 Å². The largest absolute Gasteiger partial charge is 0.310 e. The molecule has 15 rings (SSSR count). The average Bonchev–Trinajstić information content (AvgIpc) is 4.10. The van der Waals surface area contributed by atoms with Crippen molar-refractivity contribution in [2.75, 3.05) is 4.90 Å². The van der Waals surface area contributed by atoms with Crippen LogP contribution in [0.4, 0.5) is 17.1 Å². The molecule has 72 heavy (non-hydrogen) atoms. The summed E-state index contributed by atoms with van der Waals surface area (Å²) in [5.41, 5.74) is 26.5. The van der Waals surface area contributed by atoms with Crippen LogP contribution in [0, 0.1) is 0 Å². The summed E-state index contributed by atoms with van der Waals surface area (Å²) < 4.78 is 2.67. The van der Waals surface area contributed by atoms with Crippen LogP contribution < -0.4 is 4.90 Å². The van der Waals surface area contributed by atoms with Crippen molar-refractivity contribution >= 4 is 59.3 Å². The van der Waals surface area contributed by atoms with E-state index in [1.54, 1.807) is 0 Å². The van der Waals surface area contributed by atoms with E-state index in [0.29, 0.717) is 0 Å². The highest BCUT2D eigenvalue weighted by Gasteiger charge is 2.38. The number of hydrogen-bond acceptors (Lipinski definition) is 2. The van der Waals surface area contributed by atoms with Crippen molar-refractivity contribution in [3.05, 3.63) is 247 Å². The Morgan fingerprint density at radius 1 is 0.278 bits per heavy atom. The first-order valence-corrected chi connectivity index (χ1v) is 26.1. The molecule has 0 bridgehead atoms. The highest BCUT2D eigenvalue weighted by Crippen LogP contribution is 2.55. The van der Waals surface area contributed by atoms with Gasteiger partial charge in [0, 0.05) is 48.1 Å². The lowest BCUT2D eigenvalue weighted by Gasteiger charge is -2.30. The molecular weight excluding hydrogens is 887 g/mol. The number of benzene rings is 11. The molecule has 1 nitrogen and oxygen atoms in total. The molecule has 0 N–H and O–H groups in total. The molecule has 0 unspecified atom stereocenters. The zero-order valence-corrected chi connectivity index (χ0v) is 41.5. The minimum Gasteiger partial charge on any atom is -0.310 e. The zero-order chi connectivity index (χ0) is 48.0. The third-order valence-electron chi connectivity index (χ3n) is 16.6. The van der Waals surface area contributed by atoms with Gasteiger partial charge in [0.1, 0.15) is 0 Å². The molecule has 0 fully saturated rings. The van der Waals surface area contributed by atoms with Crippen molar-refractivity contribution in [2.24, 2.45) is 0 Å². The third-order valence-corrected chi connectivity index (χ3v) is 17.8. The maximum Gasteiger partial charge on any atom is 0.0465 e. The fourth-order valence-corrected chi connectivity index (χ4v) is 14.0. The van der Waals surface area contributed by atoms with Gasteiger partial charge in [-0.05, 0) is 178 Å². The topological polar surface area (TPSA) is 3.24 Å². The second-order valence-electron chi connectivity index (χ2n) is 21.2. The summed E-state index contributed by atoms with van der Waals surface area (Å²) in [6.07, 6.45) is 0. The van der Waals surface area contributed by atoms with Crippen LogP contribution in [0.1, 0.15) is 49.9 Å². The SMILES string of the molecule is CC1(C)c2cc(-c3ccccc3)ccc2-c2ccc(N(c3ccc(-c4ccc5c6c(cccc46)-c4ccccc4-5)cc3)c3ccc4c(c3)C(C)(C)c3cc(-c5ccc6sc7ccccc7c6c5)ccc3-4)cc21. The van der Waals surface area contributed by atoms with Crippen LogP contribution in [-0.2, 0) is 10.8 Å². The maximum absolute atomic E-state index is 2.49. The lowest BCUT2D eigenvalue weighted by molar-refractivity contribution is 0.660. The van der Waals surface area contributed by atoms with E-state index in [1.165, 1.54) is 131 Å².